The first kappa shape index (κ1) is 11.9. The maximum absolute atomic E-state index is 5.44. The van der Waals surface area contributed by atoms with E-state index in [0.717, 1.165) is 21.1 Å². The molecule has 1 aliphatic rings. The maximum Gasteiger partial charge on any atom is 0.284 e. The van der Waals surface area contributed by atoms with Crippen molar-refractivity contribution in [1.82, 2.24) is 20.2 Å². The van der Waals surface area contributed by atoms with Gasteiger partial charge in [0.05, 0.1) is 5.69 Å². The lowest BCUT2D eigenvalue weighted by atomic mass is 10.2. The predicted octanol–water partition coefficient (Wildman–Crippen LogP) is 3.80. The van der Waals surface area contributed by atoms with E-state index in [2.05, 4.69) is 15.2 Å². The minimum Gasteiger partial charge on any atom is -0.408 e. The van der Waals surface area contributed by atoms with E-state index in [9.17, 15) is 0 Å². The number of rotatable bonds is 3. The SMILES string of the molecule is S=c1[nH]nc(-c2sc(-c3cccnc3)nc2C2CC2)o1. The Kier molecular flexibility index (Phi) is 2.75. The zero-order valence-electron chi connectivity index (χ0n) is 10.4. The average Bonchev–Trinajstić information content (AvgIpc) is 3.08. The van der Waals surface area contributed by atoms with Gasteiger partial charge in [0, 0.05) is 23.9 Å². The molecule has 0 aliphatic heterocycles. The number of hydrogen-bond acceptors (Lipinski definition) is 6. The van der Waals surface area contributed by atoms with Gasteiger partial charge in [0.15, 0.2) is 0 Å². The normalized spacial score (nSPS) is 14.6. The van der Waals surface area contributed by atoms with Crippen molar-refractivity contribution in [2.75, 3.05) is 0 Å². The highest BCUT2D eigenvalue weighted by molar-refractivity contribution is 7.71. The Labute approximate surface area is 123 Å². The Bertz CT molecular complexity index is 801. The van der Waals surface area contributed by atoms with E-state index < -0.39 is 0 Å². The Morgan fingerprint density at radius 3 is 2.95 bits per heavy atom. The second kappa shape index (κ2) is 4.60. The van der Waals surface area contributed by atoms with Crippen molar-refractivity contribution >= 4 is 23.6 Å². The van der Waals surface area contributed by atoms with Crippen LogP contribution in [0, 0.1) is 4.84 Å². The van der Waals surface area contributed by atoms with E-state index in [0.29, 0.717) is 11.8 Å². The van der Waals surface area contributed by atoms with Gasteiger partial charge in [-0.05, 0) is 37.2 Å². The van der Waals surface area contributed by atoms with Crippen molar-refractivity contribution in [3.05, 3.63) is 35.1 Å². The second-order valence-electron chi connectivity index (χ2n) is 4.67. The fourth-order valence-electron chi connectivity index (χ4n) is 2.06. The standard InChI is InChI=1S/C13H10N4OS2/c19-13-17-16-11(18-13)10-9(7-3-4-7)15-12(20-10)8-2-1-5-14-6-8/h1-2,5-7H,3-4H2,(H,17,19). The van der Waals surface area contributed by atoms with E-state index >= 15 is 0 Å². The van der Waals surface area contributed by atoms with Gasteiger partial charge in [0.1, 0.15) is 9.88 Å². The van der Waals surface area contributed by atoms with Crippen molar-refractivity contribution < 1.29 is 4.42 Å². The molecule has 0 spiro atoms. The Morgan fingerprint density at radius 2 is 2.30 bits per heavy atom. The zero-order valence-corrected chi connectivity index (χ0v) is 12.0. The molecule has 3 aromatic heterocycles. The highest BCUT2D eigenvalue weighted by atomic mass is 32.1. The average molecular weight is 302 g/mol. The number of aromatic nitrogens is 4. The summed E-state index contributed by atoms with van der Waals surface area (Å²) in [6.07, 6.45) is 5.93. The van der Waals surface area contributed by atoms with Gasteiger partial charge in [0.2, 0.25) is 0 Å². The molecule has 0 unspecified atom stereocenters. The number of pyridine rings is 1. The van der Waals surface area contributed by atoms with Crippen LogP contribution in [0.25, 0.3) is 21.3 Å². The number of nitrogens with zero attached hydrogens (tertiary/aromatic N) is 3. The predicted molar refractivity (Wildman–Crippen MR) is 78.0 cm³/mol. The van der Waals surface area contributed by atoms with Gasteiger partial charge in [-0.1, -0.05) is 0 Å². The lowest BCUT2D eigenvalue weighted by Gasteiger charge is -1.93. The molecule has 0 saturated heterocycles. The van der Waals surface area contributed by atoms with Gasteiger partial charge in [-0.15, -0.1) is 16.4 Å². The smallest absolute Gasteiger partial charge is 0.284 e. The first-order chi connectivity index (χ1) is 9.81. The molecule has 3 aromatic rings. The molecule has 4 rings (SSSR count). The number of nitrogens with one attached hydrogen (secondary N) is 1. The lowest BCUT2D eigenvalue weighted by Crippen LogP contribution is -1.84. The van der Waals surface area contributed by atoms with Gasteiger partial charge >= 0.3 is 0 Å². The monoisotopic (exact) mass is 302 g/mol. The molecule has 0 radical (unpaired) electrons. The summed E-state index contributed by atoms with van der Waals surface area (Å²) in [7, 11) is 0. The minimum absolute atomic E-state index is 0.290. The molecule has 1 N–H and O–H groups in total. The first-order valence-electron chi connectivity index (χ1n) is 6.28. The van der Waals surface area contributed by atoms with Gasteiger partial charge in [-0.2, -0.15) is 0 Å². The van der Waals surface area contributed by atoms with Crippen LogP contribution in [0.15, 0.2) is 28.9 Å². The Morgan fingerprint density at radius 1 is 1.40 bits per heavy atom. The van der Waals surface area contributed by atoms with E-state index in [-0.39, 0.29) is 4.84 Å². The fraction of sp³-hybridized carbons (Fsp3) is 0.231. The van der Waals surface area contributed by atoms with E-state index in [4.69, 9.17) is 21.6 Å². The molecule has 100 valence electrons. The maximum atomic E-state index is 5.44. The molecule has 0 bridgehead atoms. The van der Waals surface area contributed by atoms with Crippen molar-refractivity contribution in [3.63, 3.8) is 0 Å². The molecular formula is C13H10N4OS2. The topological polar surface area (TPSA) is 67.6 Å². The molecule has 0 atom stereocenters. The molecular weight excluding hydrogens is 292 g/mol. The van der Waals surface area contributed by atoms with Crippen LogP contribution >= 0.6 is 23.6 Å². The number of hydrogen-bond donors (Lipinski definition) is 1. The number of thiazole rings is 1. The van der Waals surface area contributed by atoms with Crippen LogP contribution < -0.4 is 0 Å². The van der Waals surface area contributed by atoms with Crippen LogP contribution in [0.5, 0.6) is 0 Å². The van der Waals surface area contributed by atoms with Crippen LogP contribution in [-0.2, 0) is 0 Å². The molecule has 0 amide bonds. The summed E-state index contributed by atoms with van der Waals surface area (Å²) in [5.41, 5.74) is 2.08. The Balaban J connectivity index is 1.86. The zero-order chi connectivity index (χ0) is 13.5. The van der Waals surface area contributed by atoms with Crippen LogP contribution in [0.2, 0.25) is 0 Å². The number of aromatic amines is 1. The van der Waals surface area contributed by atoms with Crippen LogP contribution in [0.3, 0.4) is 0 Å². The first-order valence-corrected chi connectivity index (χ1v) is 7.51. The van der Waals surface area contributed by atoms with E-state index in [1.165, 1.54) is 12.8 Å². The van der Waals surface area contributed by atoms with Gasteiger partial charge in [0.25, 0.3) is 10.7 Å². The molecule has 7 heteroatoms. The third-order valence-corrected chi connectivity index (χ3v) is 4.44. The Hall–Kier alpha value is -1.86. The summed E-state index contributed by atoms with van der Waals surface area (Å²) in [6, 6.07) is 3.92. The molecule has 1 aliphatic carbocycles. The largest absolute Gasteiger partial charge is 0.408 e. The van der Waals surface area contributed by atoms with E-state index in [1.807, 2.05) is 18.3 Å². The summed E-state index contributed by atoms with van der Waals surface area (Å²) >= 11 is 6.52. The highest BCUT2D eigenvalue weighted by Crippen LogP contribution is 2.47. The fourth-order valence-corrected chi connectivity index (χ4v) is 3.25. The summed E-state index contributed by atoms with van der Waals surface area (Å²) in [4.78, 5) is 10.2. The highest BCUT2D eigenvalue weighted by Gasteiger charge is 2.32. The third-order valence-electron chi connectivity index (χ3n) is 3.16. The molecule has 1 saturated carbocycles. The molecule has 0 aromatic carbocycles. The molecule has 1 fully saturated rings. The van der Waals surface area contributed by atoms with Gasteiger partial charge in [-0.3, -0.25) is 4.98 Å². The van der Waals surface area contributed by atoms with Crippen molar-refractivity contribution in [2.45, 2.75) is 18.8 Å². The van der Waals surface area contributed by atoms with Crippen LogP contribution in [0.1, 0.15) is 24.5 Å². The summed E-state index contributed by atoms with van der Waals surface area (Å²) in [5, 5.41) is 7.73. The quantitative estimate of drug-likeness (QED) is 0.745. The third kappa shape index (κ3) is 2.08. The molecule has 3 heterocycles. The van der Waals surface area contributed by atoms with Gasteiger partial charge in [-0.25, -0.2) is 10.1 Å². The molecule has 5 nitrogen and oxygen atoms in total. The summed E-state index contributed by atoms with van der Waals surface area (Å²) in [5.74, 6) is 1.05. The summed E-state index contributed by atoms with van der Waals surface area (Å²) < 4.78 is 5.44. The minimum atomic E-state index is 0.290. The molecule has 20 heavy (non-hydrogen) atoms. The second-order valence-corrected chi connectivity index (χ2v) is 6.04. The lowest BCUT2D eigenvalue weighted by molar-refractivity contribution is 0.552. The van der Waals surface area contributed by atoms with Crippen molar-refractivity contribution in [3.8, 4) is 21.3 Å². The van der Waals surface area contributed by atoms with Crippen molar-refractivity contribution in [1.29, 1.82) is 0 Å². The van der Waals surface area contributed by atoms with Crippen LogP contribution in [0.4, 0.5) is 0 Å². The van der Waals surface area contributed by atoms with Gasteiger partial charge < -0.3 is 4.42 Å². The summed E-state index contributed by atoms with van der Waals surface area (Å²) in [6.45, 7) is 0. The van der Waals surface area contributed by atoms with E-state index in [1.54, 1.807) is 17.5 Å². The van der Waals surface area contributed by atoms with Crippen LogP contribution in [-0.4, -0.2) is 20.2 Å². The van der Waals surface area contributed by atoms with Crippen molar-refractivity contribution in [2.24, 2.45) is 0 Å². The number of H-pyrrole nitrogens is 1.